The fourth-order valence-corrected chi connectivity index (χ4v) is 2.73. The fourth-order valence-electron chi connectivity index (χ4n) is 2.73. The third-order valence-corrected chi connectivity index (χ3v) is 4.02. The Morgan fingerprint density at radius 2 is 2.38 bits per heavy atom. The molecular weight excluding hydrogens is 200 g/mol. The maximum atomic E-state index is 10.7. The summed E-state index contributed by atoms with van der Waals surface area (Å²) in [6, 6.07) is 0. The second kappa shape index (κ2) is 4.58. The summed E-state index contributed by atoms with van der Waals surface area (Å²) in [5, 5.41) is 10.7. The predicted octanol–water partition coefficient (Wildman–Crippen LogP) is 2.39. The number of imidazole rings is 1. The zero-order chi connectivity index (χ0) is 11.6. The molecule has 0 bridgehead atoms. The van der Waals surface area contributed by atoms with E-state index in [1.807, 2.05) is 12.4 Å². The van der Waals surface area contributed by atoms with E-state index in [4.69, 9.17) is 0 Å². The van der Waals surface area contributed by atoms with Gasteiger partial charge in [-0.2, -0.15) is 0 Å². The molecule has 0 spiro atoms. The van der Waals surface area contributed by atoms with E-state index in [-0.39, 0.29) is 0 Å². The second-order valence-corrected chi connectivity index (χ2v) is 5.06. The summed E-state index contributed by atoms with van der Waals surface area (Å²) >= 11 is 0. The molecule has 3 nitrogen and oxygen atoms in total. The maximum Gasteiger partial charge on any atom is 0.111 e. The minimum Gasteiger partial charge on any atom is -0.389 e. The molecule has 1 aliphatic rings. The second-order valence-electron chi connectivity index (χ2n) is 5.06. The van der Waals surface area contributed by atoms with Crippen LogP contribution in [0.1, 0.15) is 45.4 Å². The first-order chi connectivity index (χ1) is 7.65. The quantitative estimate of drug-likeness (QED) is 0.852. The smallest absolute Gasteiger partial charge is 0.111 e. The lowest BCUT2D eigenvalue weighted by Gasteiger charge is -2.38. The molecule has 0 aliphatic heterocycles. The Bertz CT molecular complexity index is 347. The Morgan fingerprint density at radius 3 is 3.06 bits per heavy atom. The van der Waals surface area contributed by atoms with Gasteiger partial charge < -0.3 is 9.67 Å². The van der Waals surface area contributed by atoms with Gasteiger partial charge in [-0.05, 0) is 25.7 Å². The Kier molecular flexibility index (Phi) is 3.33. The van der Waals surface area contributed by atoms with Crippen molar-refractivity contribution in [1.82, 2.24) is 9.55 Å². The summed E-state index contributed by atoms with van der Waals surface area (Å²) in [5.74, 6) is 1.42. The number of nitrogens with zero attached hydrogens (tertiary/aromatic N) is 2. The topological polar surface area (TPSA) is 38.0 Å². The molecule has 1 heterocycles. The third kappa shape index (κ3) is 2.14. The monoisotopic (exact) mass is 222 g/mol. The summed E-state index contributed by atoms with van der Waals surface area (Å²) in [4.78, 5) is 4.36. The number of rotatable bonds is 3. The lowest BCUT2D eigenvalue weighted by atomic mass is 9.74. The van der Waals surface area contributed by atoms with Gasteiger partial charge in [-0.15, -0.1) is 0 Å². The highest BCUT2D eigenvalue weighted by atomic mass is 16.3. The van der Waals surface area contributed by atoms with E-state index in [1.54, 1.807) is 0 Å². The maximum absolute atomic E-state index is 10.7. The normalized spacial score (nSPS) is 30.6. The first-order valence-electron chi connectivity index (χ1n) is 6.38. The highest BCUT2D eigenvalue weighted by Crippen LogP contribution is 2.35. The van der Waals surface area contributed by atoms with Gasteiger partial charge in [-0.25, -0.2) is 4.98 Å². The minimum atomic E-state index is -0.531. The zero-order valence-electron chi connectivity index (χ0n) is 10.3. The van der Waals surface area contributed by atoms with E-state index >= 15 is 0 Å². The van der Waals surface area contributed by atoms with Gasteiger partial charge in [0.15, 0.2) is 0 Å². The molecule has 3 heteroatoms. The molecule has 0 amide bonds. The van der Waals surface area contributed by atoms with Gasteiger partial charge in [0.1, 0.15) is 5.82 Å². The molecule has 1 aromatic heterocycles. The number of hydrogen-bond acceptors (Lipinski definition) is 2. The minimum absolute atomic E-state index is 0.392. The van der Waals surface area contributed by atoms with Crippen LogP contribution in [0.4, 0.5) is 0 Å². The van der Waals surface area contributed by atoms with Crippen LogP contribution in [-0.2, 0) is 13.0 Å². The first-order valence-corrected chi connectivity index (χ1v) is 6.38. The molecule has 16 heavy (non-hydrogen) atoms. The molecule has 0 saturated heterocycles. The number of aromatic nitrogens is 2. The molecule has 0 aromatic carbocycles. The molecule has 2 rings (SSSR count). The Labute approximate surface area is 97.5 Å². The Balaban J connectivity index is 2.13. The summed E-state index contributed by atoms with van der Waals surface area (Å²) in [6.45, 7) is 5.21. The summed E-state index contributed by atoms with van der Waals surface area (Å²) in [6.07, 6.45) is 8.99. The summed E-state index contributed by atoms with van der Waals surface area (Å²) in [7, 11) is 0. The van der Waals surface area contributed by atoms with Crippen LogP contribution in [0.2, 0.25) is 0 Å². The SMILES string of the molecule is CCn1ccnc1CC1(O)CCCCC1C. The average molecular weight is 222 g/mol. The standard InChI is InChI=1S/C13H22N2O/c1-3-15-9-8-14-12(15)10-13(16)7-5-4-6-11(13)2/h8-9,11,16H,3-7,10H2,1-2H3. The van der Waals surface area contributed by atoms with Crippen molar-refractivity contribution in [3.8, 4) is 0 Å². The van der Waals surface area contributed by atoms with Crippen LogP contribution in [-0.4, -0.2) is 20.3 Å². The van der Waals surface area contributed by atoms with Crippen molar-refractivity contribution >= 4 is 0 Å². The molecule has 2 atom stereocenters. The van der Waals surface area contributed by atoms with E-state index in [1.165, 1.54) is 6.42 Å². The van der Waals surface area contributed by atoms with Gasteiger partial charge in [0.05, 0.1) is 5.60 Å². The highest BCUT2D eigenvalue weighted by Gasteiger charge is 2.37. The van der Waals surface area contributed by atoms with Crippen molar-refractivity contribution in [2.75, 3.05) is 0 Å². The van der Waals surface area contributed by atoms with Gasteiger partial charge in [-0.1, -0.05) is 19.8 Å². The van der Waals surface area contributed by atoms with Crippen molar-refractivity contribution in [3.05, 3.63) is 18.2 Å². The highest BCUT2D eigenvalue weighted by molar-refractivity contribution is 5.01. The largest absolute Gasteiger partial charge is 0.389 e. The predicted molar refractivity (Wildman–Crippen MR) is 64.2 cm³/mol. The van der Waals surface area contributed by atoms with Gasteiger partial charge in [0.2, 0.25) is 0 Å². The fraction of sp³-hybridized carbons (Fsp3) is 0.769. The van der Waals surface area contributed by atoms with Gasteiger partial charge in [0.25, 0.3) is 0 Å². The van der Waals surface area contributed by atoms with Gasteiger partial charge in [0, 0.05) is 25.4 Å². The number of aliphatic hydroxyl groups is 1. The van der Waals surface area contributed by atoms with Crippen molar-refractivity contribution < 1.29 is 5.11 Å². The van der Waals surface area contributed by atoms with Gasteiger partial charge in [-0.3, -0.25) is 0 Å². The lowest BCUT2D eigenvalue weighted by molar-refractivity contribution is -0.0425. The van der Waals surface area contributed by atoms with Gasteiger partial charge >= 0.3 is 0 Å². The molecular formula is C13H22N2O. The van der Waals surface area contributed by atoms with Crippen LogP contribution in [0, 0.1) is 5.92 Å². The molecule has 1 fully saturated rings. The van der Waals surface area contributed by atoms with Crippen molar-refractivity contribution in [2.24, 2.45) is 5.92 Å². The van der Waals surface area contributed by atoms with E-state index < -0.39 is 5.60 Å². The van der Waals surface area contributed by atoms with E-state index in [0.717, 1.165) is 31.6 Å². The van der Waals surface area contributed by atoms with E-state index in [9.17, 15) is 5.11 Å². The third-order valence-electron chi connectivity index (χ3n) is 4.02. The van der Waals surface area contributed by atoms with Crippen LogP contribution >= 0.6 is 0 Å². The Hall–Kier alpha value is -0.830. The van der Waals surface area contributed by atoms with Crippen molar-refractivity contribution in [3.63, 3.8) is 0 Å². The molecule has 1 aliphatic carbocycles. The van der Waals surface area contributed by atoms with Crippen LogP contribution in [0.5, 0.6) is 0 Å². The molecule has 0 radical (unpaired) electrons. The molecule has 2 unspecified atom stereocenters. The van der Waals surface area contributed by atoms with Crippen molar-refractivity contribution in [1.29, 1.82) is 0 Å². The molecule has 1 aromatic rings. The van der Waals surface area contributed by atoms with E-state index in [0.29, 0.717) is 12.3 Å². The van der Waals surface area contributed by atoms with E-state index in [2.05, 4.69) is 23.4 Å². The summed E-state index contributed by atoms with van der Waals surface area (Å²) in [5.41, 5.74) is -0.531. The molecule has 1 N–H and O–H groups in total. The van der Waals surface area contributed by atoms with Crippen LogP contribution in [0.15, 0.2) is 12.4 Å². The lowest BCUT2D eigenvalue weighted by Crippen LogP contribution is -2.42. The van der Waals surface area contributed by atoms with Crippen LogP contribution in [0.3, 0.4) is 0 Å². The number of hydrogen-bond donors (Lipinski definition) is 1. The average Bonchev–Trinajstić information content (AvgIpc) is 2.70. The van der Waals surface area contributed by atoms with Crippen LogP contribution in [0.25, 0.3) is 0 Å². The van der Waals surface area contributed by atoms with Crippen LogP contribution < -0.4 is 0 Å². The number of aryl methyl sites for hydroxylation is 1. The van der Waals surface area contributed by atoms with Crippen molar-refractivity contribution in [2.45, 2.75) is 58.1 Å². The molecule has 90 valence electrons. The Morgan fingerprint density at radius 1 is 1.56 bits per heavy atom. The first kappa shape index (κ1) is 11.6. The zero-order valence-corrected chi connectivity index (χ0v) is 10.3. The molecule has 1 saturated carbocycles. The summed E-state index contributed by atoms with van der Waals surface area (Å²) < 4.78 is 2.12.